The molecule has 2 aromatic rings. The maximum Gasteiger partial charge on any atom is 0.368 e. The molecule has 0 amide bonds. The average molecular weight is 241 g/mol. The van der Waals surface area contributed by atoms with Gasteiger partial charge in [-0.05, 0) is 37.8 Å². The minimum absolute atomic E-state index is 0.130. The molecular formula is C14H15N3O. The van der Waals surface area contributed by atoms with E-state index in [2.05, 4.69) is 9.67 Å². The van der Waals surface area contributed by atoms with E-state index in [1.54, 1.807) is 4.68 Å². The molecule has 0 radical (unpaired) electrons. The zero-order chi connectivity index (χ0) is 12.1. The van der Waals surface area contributed by atoms with Gasteiger partial charge in [0.1, 0.15) is 5.82 Å². The van der Waals surface area contributed by atoms with Crippen LogP contribution in [0.1, 0.15) is 43.5 Å². The van der Waals surface area contributed by atoms with E-state index >= 15 is 0 Å². The van der Waals surface area contributed by atoms with Gasteiger partial charge in [0.25, 0.3) is 0 Å². The summed E-state index contributed by atoms with van der Waals surface area (Å²) in [4.78, 5) is 16.4. The number of hydrogen-bond acceptors (Lipinski definition) is 2. The minimum Gasteiger partial charge on any atom is -0.259 e. The smallest absolute Gasteiger partial charge is 0.259 e. The molecule has 0 aliphatic heterocycles. The van der Waals surface area contributed by atoms with Gasteiger partial charge in [0, 0.05) is 5.92 Å². The summed E-state index contributed by atoms with van der Waals surface area (Å²) in [5, 5.41) is 0. The van der Waals surface area contributed by atoms with Crippen LogP contribution in [0.4, 0.5) is 0 Å². The van der Waals surface area contributed by atoms with Crippen molar-refractivity contribution >= 4 is 0 Å². The lowest BCUT2D eigenvalue weighted by atomic mass is 10.3. The van der Waals surface area contributed by atoms with Crippen LogP contribution >= 0.6 is 0 Å². The summed E-state index contributed by atoms with van der Waals surface area (Å²) in [6.45, 7) is 0. The van der Waals surface area contributed by atoms with Crippen LogP contribution in [0, 0.1) is 0 Å². The molecule has 2 saturated carbocycles. The Bertz CT molecular complexity index is 633. The Balaban J connectivity index is 1.93. The van der Waals surface area contributed by atoms with E-state index < -0.39 is 0 Å². The number of hydrogen-bond donors (Lipinski definition) is 0. The first-order valence-corrected chi connectivity index (χ1v) is 6.61. The molecule has 4 nitrogen and oxygen atoms in total. The van der Waals surface area contributed by atoms with E-state index in [1.165, 1.54) is 25.7 Å². The molecule has 4 heteroatoms. The molecule has 0 unspecified atom stereocenters. The largest absolute Gasteiger partial charge is 0.368 e. The van der Waals surface area contributed by atoms with Crippen molar-refractivity contribution in [1.29, 1.82) is 0 Å². The second-order valence-electron chi connectivity index (χ2n) is 5.25. The molecule has 2 aliphatic carbocycles. The zero-order valence-electron chi connectivity index (χ0n) is 10.1. The number of rotatable bonds is 3. The lowest BCUT2D eigenvalue weighted by molar-refractivity contribution is 0.534. The second-order valence-corrected chi connectivity index (χ2v) is 5.25. The third-order valence-electron chi connectivity index (χ3n) is 3.68. The highest BCUT2D eigenvalue weighted by Gasteiger charge is 2.36. The third kappa shape index (κ3) is 1.52. The van der Waals surface area contributed by atoms with Crippen LogP contribution in [0.3, 0.4) is 0 Å². The van der Waals surface area contributed by atoms with Crippen LogP contribution in [0.5, 0.6) is 0 Å². The Hall–Kier alpha value is -1.84. The SMILES string of the molecule is O=c1nc(C2CC2)n(C2CC2)n1-c1ccccc1. The van der Waals surface area contributed by atoms with Crippen molar-refractivity contribution in [1.82, 2.24) is 14.3 Å². The Morgan fingerprint density at radius 2 is 1.78 bits per heavy atom. The van der Waals surface area contributed by atoms with Gasteiger partial charge in [-0.25, -0.2) is 4.79 Å². The summed E-state index contributed by atoms with van der Waals surface area (Å²) in [5.74, 6) is 1.52. The normalized spacial score (nSPS) is 19.1. The van der Waals surface area contributed by atoms with Crippen molar-refractivity contribution in [3.63, 3.8) is 0 Å². The number of aromatic nitrogens is 3. The van der Waals surface area contributed by atoms with Crippen LogP contribution in [0.25, 0.3) is 5.69 Å². The van der Waals surface area contributed by atoms with E-state index in [4.69, 9.17) is 0 Å². The topological polar surface area (TPSA) is 39.8 Å². The summed E-state index contributed by atoms with van der Waals surface area (Å²) in [7, 11) is 0. The highest BCUT2D eigenvalue weighted by molar-refractivity contribution is 5.30. The first-order valence-electron chi connectivity index (χ1n) is 6.61. The average Bonchev–Trinajstić information content (AvgIpc) is 3.27. The van der Waals surface area contributed by atoms with E-state index in [9.17, 15) is 4.79 Å². The summed E-state index contributed by atoms with van der Waals surface area (Å²) >= 11 is 0. The predicted octanol–water partition coefficient (Wildman–Crippen LogP) is 2.25. The van der Waals surface area contributed by atoms with Gasteiger partial charge >= 0.3 is 5.69 Å². The number of para-hydroxylation sites is 1. The van der Waals surface area contributed by atoms with Crippen molar-refractivity contribution in [3.8, 4) is 5.69 Å². The highest BCUT2D eigenvalue weighted by atomic mass is 16.2. The van der Waals surface area contributed by atoms with Gasteiger partial charge in [-0.15, -0.1) is 0 Å². The molecule has 2 fully saturated rings. The molecule has 1 aromatic heterocycles. The monoisotopic (exact) mass is 241 g/mol. The molecule has 2 aliphatic rings. The van der Waals surface area contributed by atoms with Gasteiger partial charge in [0.05, 0.1) is 11.7 Å². The first kappa shape index (κ1) is 10.1. The van der Waals surface area contributed by atoms with Crippen molar-refractivity contribution < 1.29 is 0 Å². The maximum atomic E-state index is 12.2. The Kier molecular flexibility index (Phi) is 2.01. The van der Waals surface area contributed by atoms with Gasteiger partial charge in [-0.1, -0.05) is 18.2 Å². The Labute approximate surface area is 105 Å². The quantitative estimate of drug-likeness (QED) is 0.826. The van der Waals surface area contributed by atoms with E-state index in [-0.39, 0.29) is 5.69 Å². The minimum atomic E-state index is -0.130. The van der Waals surface area contributed by atoms with Crippen LogP contribution in [0.15, 0.2) is 35.1 Å². The molecule has 92 valence electrons. The van der Waals surface area contributed by atoms with Gasteiger partial charge in [-0.2, -0.15) is 9.67 Å². The third-order valence-corrected chi connectivity index (χ3v) is 3.68. The van der Waals surface area contributed by atoms with Crippen molar-refractivity contribution in [2.75, 3.05) is 0 Å². The molecule has 4 rings (SSSR count). The molecule has 1 aromatic carbocycles. The summed E-state index contributed by atoms with van der Waals surface area (Å²) in [6, 6.07) is 10.3. The Morgan fingerprint density at radius 1 is 1.06 bits per heavy atom. The molecule has 0 saturated heterocycles. The molecule has 0 N–H and O–H groups in total. The fourth-order valence-electron chi connectivity index (χ4n) is 2.48. The van der Waals surface area contributed by atoms with Crippen molar-refractivity contribution in [2.24, 2.45) is 0 Å². The van der Waals surface area contributed by atoms with Crippen molar-refractivity contribution in [2.45, 2.75) is 37.6 Å². The van der Waals surface area contributed by atoms with Gasteiger partial charge in [-0.3, -0.25) is 4.68 Å². The van der Waals surface area contributed by atoms with Gasteiger partial charge in [0.2, 0.25) is 0 Å². The van der Waals surface area contributed by atoms with E-state index in [0.717, 1.165) is 11.5 Å². The molecule has 1 heterocycles. The fraction of sp³-hybridized carbons (Fsp3) is 0.429. The van der Waals surface area contributed by atoms with E-state index in [1.807, 2.05) is 30.3 Å². The lowest BCUT2D eigenvalue weighted by Crippen LogP contribution is -2.21. The standard InChI is InChI=1S/C14H15N3O/c18-14-15-13(10-6-7-10)16(12-8-9-12)17(14)11-4-2-1-3-5-11/h1-5,10,12H,6-9H2. The number of nitrogens with zero attached hydrogens (tertiary/aromatic N) is 3. The molecule has 18 heavy (non-hydrogen) atoms. The molecule has 0 atom stereocenters. The summed E-state index contributed by atoms with van der Waals surface area (Å²) < 4.78 is 3.90. The lowest BCUT2D eigenvalue weighted by Gasteiger charge is -2.12. The van der Waals surface area contributed by atoms with Crippen LogP contribution < -0.4 is 5.69 Å². The second kappa shape index (κ2) is 3.57. The highest BCUT2D eigenvalue weighted by Crippen LogP contribution is 2.43. The van der Waals surface area contributed by atoms with E-state index in [0.29, 0.717) is 12.0 Å². The molecule has 0 bridgehead atoms. The first-order chi connectivity index (χ1) is 8.84. The van der Waals surface area contributed by atoms with Crippen LogP contribution in [-0.2, 0) is 0 Å². The molecular weight excluding hydrogens is 226 g/mol. The van der Waals surface area contributed by atoms with Crippen LogP contribution in [0.2, 0.25) is 0 Å². The summed E-state index contributed by atoms with van der Waals surface area (Å²) in [5.41, 5.74) is 0.795. The summed E-state index contributed by atoms with van der Waals surface area (Å²) in [6.07, 6.45) is 4.70. The Morgan fingerprint density at radius 3 is 2.39 bits per heavy atom. The zero-order valence-corrected chi connectivity index (χ0v) is 10.1. The van der Waals surface area contributed by atoms with Gasteiger partial charge in [0.15, 0.2) is 0 Å². The predicted molar refractivity (Wildman–Crippen MR) is 68.1 cm³/mol. The fourth-order valence-corrected chi connectivity index (χ4v) is 2.48. The van der Waals surface area contributed by atoms with Gasteiger partial charge < -0.3 is 0 Å². The number of benzene rings is 1. The maximum absolute atomic E-state index is 12.2. The van der Waals surface area contributed by atoms with Crippen molar-refractivity contribution in [3.05, 3.63) is 46.6 Å². The molecule has 0 spiro atoms. The van der Waals surface area contributed by atoms with Crippen LogP contribution in [-0.4, -0.2) is 14.3 Å².